The van der Waals surface area contributed by atoms with E-state index in [1.807, 2.05) is 0 Å². The molecule has 0 saturated heterocycles. The van der Waals surface area contributed by atoms with Crippen molar-refractivity contribution < 1.29 is 13.2 Å². The Labute approximate surface area is 290 Å². The Morgan fingerprint density at radius 1 is 0.471 bits per heavy atom. The molecule has 1 aliphatic rings. The quantitative estimate of drug-likeness (QED) is 0.131. The van der Waals surface area contributed by atoms with Crippen molar-refractivity contribution in [2.75, 3.05) is 0 Å². The summed E-state index contributed by atoms with van der Waals surface area (Å²) in [7, 11) is 0. The van der Waals surface area contributed by atoms with E-state index in [-0.39, 0.29) is 17.1 Å². The summed E-state index contributed by atoms with van der Waals surface area (Å²) in [5.41, 5.74) is 6.95. The number of benzene rings is 3. The number of hydrogen-bond acceptors (Lipinski definition) is 5. The summed E-state index contributed by atoms with van der Waals surface area (Å²) in [6, 6.07) is 37.7. The number of pyridine rings is 3. The lowest BCUT2D eigenvalue weighted by molar-refractivity contribution is 0.582. The molecule has 3 heterocycles. The van der Waals surface area contributed by atoms with Gasteiger partial charge in [-0.2, -0.15) is 23.7 Å². The first-order chi connectivity index (χ1) is 24.9. The van der Waals surface area contributed by atoms with Crippen LogP contribution in [-0.2, 0) is 0 Å². The molecule has 0 spiro atoms. The molecule has 51 heavy (non-hydrogen) atoms. The van der Waals surface area contributed by atoms with Crippen LogP contribution in [0.3, 0.4) is 0 Å². The zero-order chi connectivity index (χ0) is 35.5. The smallest absolute Gasteiger partial charge is 0.213 e. The second-order valence-electron chi connectivity index (χ2n) is 11.3. The zero-order valence-corrected chi connectivity index (χ0v) is 26.4. The molecule has 6 aromatic rings. The van der Waals surface area contributed by atoms with E-state index >= 15 is 0 Å². The summed E-state index contributed by atoms with van der Waals surface area (Å²) in [4.78, 5) is 16.3. The van der Waals surface area contributed by atoms with Crippen molar-refractivity contribution in [3.05, 3.63) is 218 Å². The Hall–Kier alpha value is -7.41. The molecule has 9 heteroatoms. The van der Waals surface area contributed by atoms with Gasteiger partial charge >= 0.3 is 0 Å². The van der Waals surface area contributed by atoms with Gasteiger partial charge in [0.2, 0.25) is 17.8 Å². The summed E-state index contributed by atoms with van der Waals surface area (Å²) in [5, 5.41) is 19.1. The van der Waals surface area contributed by atoms with Gasteiger partial charge in [-0.05, 0) is 77.4 Å². The monoisotopic (exact) mass is 666 g/mol. The molecule has 0 N–H and O–H groups in total. The van der Waals surface area contributed by atoms with E-state index in [9.17, 15) is 23.7 Å². The van der Waals surface area contributed by atoms with E-state index < -0.39 is 17.8 Å². The molecule has 0 radical (unpaired) electrons. The van der Waals surface area contributed by atoms with Gasteiger partial charge in [-0.3, -0.25) is 0 Å². The Bertz CT molecular complexity index is 2270. The highest BCUT2D eigenvalue weighted by Crippen LogP contribution is 2.59. The normalized spacial score (nSPS) is 14.8. The molecule has 0 amide bonds. The average molecular weight is 667 g/mol. The lowest BCUT2D eigenvalue weighted by Crippen LogP contribution is -1.96. The lowest BCUT2D eigenvalue weighted by atomic mass is 9.97. The molecule has 1 saturated carbocycles. The van der Waals surface area contributed by atoms with Crippen LogP contribution in [0.25, 0.3) is 21.6 Å². The summed E-state index contributed by atoms with van der Waals surface area (Å²) < 4.78 is 44.7. The van der Waals surface area contributed by atoms with Gasteiger partial charge < -0.3 is 0 Å². The van der Waals surface area contributed by atoms with Gasteiger partial charge in [0.1, 0.15) is 0 Å². The van der Waals surface area contributed by atoms with Crippen LogP contribution in [0.5, 0.6) is 0 Å². The van der Waals surface area contributed by atoms with Crippen LogP contribution >= 0.6 is 0 Å². The number of aromatic nitrogens is 3. The molecule has 0 atom stereocenters. The standard InChI is InChI=1S/C42H21F3N6/c1-48-30-21-19-29(20-22-30)39(33-7-4-10-36(45)51-33)42-40(37(31-5-2-8-34(43)49-31)27-15-11-25(23-46)12-16-27)41(42)38(32-6-3-9-35(44)50-32)28-17-13-26(24-47)14-18-28/h2-22H/b40-37-,41-38+,42-39?. The predicted molar refractivity (Wildman–Crippen MR) is 186 cm³/mol. The summed E-state index contributed by atoms with van der Waals surface area (Å²) in [5.74, 6) is -2.17. The van der Waals surface area contributed by atoms with Gasteiger partial charge in [0.25, 0.3) is 0 Å². The molecule has 0 bridgehead atoms. The highest BCUT2D eigenvalue weighted by molar-refractivity contribution is 6.12. The first-order valence-corrected chi connectivity index (χ1v) is 15.5. The van der Waals surface area contributed by atoms with Gasteiger partial charge in [-0.15, -0.1) is 0 Å². The zero-order valence-electron chi connectivity index (χ0n) is 26.4. The van der Waals surface area contributed by atoms with Crippen LogP contribution in [0, 0.1) is 47.1 Å². The number of allylic oxidation sites excluding steroid dienone is 3. The third-order valence-corrected chi connectivity index (χ3v) is 8.24. The largest absolute Gasteiger partial charge is 0.238 e. The SMILES string of the molecule is [C-]#[N+]c1ccc(C(=C2C(=C(/c3ccc(C#N)cc3)c3cccc(F)n3)/C2=C(/c2ccc(C#N)cc2)c2cccc(F)n2)c2cccc(F)n2)cc1. The van der Waals surface area contributed by atoms with E-state index in [1.165, 1.54) is 36.4 Å². The lowest BCUT2D eigenvalue weighted by Gasteiger charge is -2.09. The molecule has 0 aliphatic heterocycles. The number of nitrogens with zero attached hydrogens (tertiary/aromatic N) is 6. The summed E-state index contributed by atoms with van der Waals surface area (Å²) >= 11 is 0. The van der Waals surface area contributed by atoms with E-state index in [2.05, 4.69) is 31.9 Å². The Morgan fingerprint density at radius 2 is 0.784 bits per heavy atom. The Balaban J connectivity index is 1.71. The molecule has 7 rings (SSSR count). The topological polar surface area (TPSA) is 90.6 Å². The summed E-state index contributed by atoms with van der Waals surface area (Å²) in [6.45, 7) is 7.48. The van der Waals surface area contributed by atoms with Gasteiger partial charge in [-0.1, -0.05) is 66.7 Å². The number of hydrogen-bond donors (Lipinski definition) is 0. The van der Waals surface area contributed by atoms with Crippen molar-refractivity contribution in [2.24, 2.45) is 0 Å². The fraction of sp³-hybridized carbons (Fsp3) is 0. The first kappa shape index (κ1) is 32.2. The highest BCUT2D eigenvalue weighted by atomic mass is 19.1. The van der Waals surface area contributed by atoms with Crippen LogP contribution < -0.4 is 0 Å². The van der Waals surface area contributed by atoms with E-state index in [0.717, 1.165) is 0 Å². The molecular formula is C42H21F3N6. The van der Waals surface area contributed by atoms with Crippen molar-refractivity contribution in [3.63, 3.8) is 0 Å². The minimum absolute atomic E-state index is 0.267. The molecular weight excluding hydrogens is 645 g/mol. The van der Waals surface area contributed by atoms with Gasteiger partial charge in [0.05, 0.1) is 46.9 Å². The van der Waals surface area contributed by atoms with Crippen molar-refractivity contribution in [2.45, 2.75) is 0 Å². The minimum atomic E-state index is -0.725. The second-order valence-corrected chi connectivity index (χ2v) is 11.3. The highest BCUT2D eigenvalue weighted by Gasteiger charge is 2.42. The maximum Gasteiger partial charge on any atom is 0.213 e. The second kappa shape index (κ2) is 13.6. The van der Waals surface area contributed by atoms with Crippen molar-refractivity contribution in [3.8, 4) is 12.1 Å². The van der Waals surface area contributed by atoms with Gasteiger partial charge in [0, 0.05) is 33.4 Å². The average Bonchev–Trinajstić information content (AvgIpc) is 3.85. The first-order valence-electron chi connectivity index (χ1n) is 15.5. The predicted octanol–water partition coefficient (Wildman–Crippen LogP) is 9.40. The molecule has 0 unspecified atom stereocenters. The molecule has 1 aliphatic carbocycles. The van der Waals surface area contributed by atoms with Gasteiger partial charge in [-0.25, -0.2) is 19.8 Å². The third-order valence-electron chi connectivity index (χ3n) is 8.24. The number of rotatable bonds is 6. The maximum absolute atomic E-state index is 14.9. The Kier molecular flexibility index (Phi) is 8.58. The third kappa shape index (κ3) is 6.41. The van der Waals surface area contributed by atoms with Crippen LogP contribution in [0.2, 0.25) is 0 Å². The minimum Gasteiger partial charge on any atom is -0.238 e. The number of halogens is 3. The maximum atomic E-state index is 14.9. The molecule has 3 aromatic carbocycles. The summed E-state index contributed by atoms with van der Waals surface area (Å²) in [6.07, 6.45) is 0. The van der Waals surface area contributed by atoms with E-state index in [4.69, 9.17) is 6.57 Å². The van der Waals surface area contributed by atoms with Crippen molar-refractivity contribution >= 4 is 22.4 Å². The Morgan fingerprint density at radius 3 is 1.06 bits per heavy atom. The van der Waals surface area contributed by atoms with Crippen molar-refractivity contribution in [1.82, 2.24) is 15.0 Å². The fourth-order valence-electron chi connectivity index (χ4n) is 5.97. The van der Waals surface area contributed by atoms with E-state index in [0.29, 0.717) is 66.9 Å². The van der Waals surface area contributed by atoms with E-state index in [1.54, 1.807) is 91.0 Å². The molecule has 3 aromatic heterocycles. The van der Waals surface area contributed by atoms with Crippen LogP contribution in [-0.4, -0.2) is 15.0 Å². The van der Waals surface area contributed by atoms with Crippen LogP contribution in [0.15, 0.2) is 144 Å². The van der Waals surface area contributed by atoms with Crippen LogP contribution in [0.1, 0.15) is 44.9 Å². The number of nitriles is 2. The van der Waals surface area contributed by atoms with Crippen molar-refractivity contribution in [1.29, 1.82) is 10.5 Å². The van der Waals surface area contributed by atoms with Gasteiger partial charge in [0.15, 0.2) is 5.69 Å². The molecule has 1 fully saturated rings. The molecule has 240 valence electrons. The van der Waals surface area contributed by atoms with Crippen LogP contribution in [0.4, 0.5) is 18.9 Å². The molecule has 6 nitrogen and oxygen atoms in total. The fourth-order valence-corrected chi connectivity index (χ4v) is 5.97.